The zero-order valence-electron chi connectivity index (χ0n) is 59.0. The molecule has 0 aliphatic carbocycles. The predicted molar refractivity (Wildman–Crippen MR) is 368 cm³/mol. The highest BCUT2D eigenvalue weighted by Crippen LogP contribution is 2.45. The average Bonchev–Trinajstić information content (AvgIpc) is 3.73. The van der Waals surface area contributed by atoms with Crippen molar-refractivity contribution in [3.05, 3.63) is 0 Å². The molecular weight excluding hydrogens is 1200 g/mol. The van der Waals surface area contributed by atoms with E-state index in [1.807, 2.05) is 0 Å². The summed E-state index contributed by atoms with van der Waals surface area (Å²) in [6, 6.07) is 0. The Bertz CT molecular complexity index is 1750. The van der Waals surface area contributed by atoms with Gasteiger partial charge in [0.1, 0.15) is 19.3 Å². The van der Waals surface area contributed by atoms with E-state index in [1.54, 1.807) is 0 Å². The van der Waals surface area contributed by atoms with Crippen LogP contribution in [0.15, 0.2) is 0 Å². The van der Waals surface area contributed by atoms with Gasteiger partial charge in [-0.2, -0.15) is 0 Å². The van der Waals surface area contributed by atoms with Gasteiger partial charge in [0.25, 0.3) is 0 Å². The standard InChI is InChI=1S/C72H140O17P2/c1-6-9-12-15-17-19-21-23-25-27-29-31-33-37-41-46-51-56-70(75)83-62-68(89-71(76)57-52-47-42-38-34-32-30-28-26-24-22-20-18-16-13-10-7-2)64-87-91(80,81)85-60-66(73)59-84-90(78,79)86-63-67(61-82-69(74)55-50-44-14-11-8-3)88-72(77)58-53-48-43-39-35-36-40-45-49-54-65(4)5/h65-68,73H,6-64H2,1-5H3,(H,78,79)(H,80,81)/t66-,67+,68+/m0/s1. The molecule has 0 spiro atoms. The van der Waals surface area contributed by atoms with Gasteiger partial charge in [0.15, 0.2) is 12.2 Å². The van der Waals surface area contributed by atoms with E-state index in [-0.39, 0.29) is 25.7 Å². The molecule has 0 fully saturated rings. The Hall–Kier alpha value is -1.94. The Morgan fingerprint density at radius 2 is 0.505 bits per heavy atom. The van der Waals surface area contributed by atoms with Gasteiger partial charge in [0.05, 0.1) is 26.4 Å². The fourth-order valence-corrected chi connectivity index (χ4v) is 12.6. The lowest BCUT2D eigenvalue weighted by Crippen LogP contribution is -2.30. The van der Waals surface area contributed by atoms with Crippen LogP contribution in [0, 0.1) is 5.92 Å². The minimum Gasteiger partial charge on any atom is -0.462 e. The second kappa shape index (κ2) is 65.4. The number of carbonyl (C=O) groups is 4. The van der Waals surface area contributed by atoms with Crippen molar-refractivity contribution in [3.63, 3.8) is 0 Å². The number of esters is 4. The molecule has 5 atom stereocenters. The fraction of sp³-hybridized carbons (Fsp3) is 0.944. The third-order valence-corrected chi connectivity index (χ3v) is 18.7. The molecule has 0 aliphatic heterocycles. The third kappa shape index (κ3) is 66.5. The molecule has 0 radical (unpaired) electrons. The SMILES string of the molecule is CCCCCCCCCCCCCCCCCCCC(=O)OC[C@H](COP(=O)(O)OC[C@@H](O)COP(=O)(O)OC[C@@H](COC(=O)CCCCCCC)OC(=O)CCCCCCCCCCCC(C)C)OC(=O)CCCCCCCCCCCCCCCCCCC. The lowest BCUT2D eigenvalue weighted by molar-refractivity contribution is -0.161. The van der Waals surface area contributed by atoms with E-state index in [1.165, 1.54) is 193 Å². The summed E-state index contributed by atoms with van der Waals surface area (Å²) < 4.78 is 68.2. The number of rotatable bonds is 72. The number of hydrogen-bond donors (Lipinski definition) is 3. The summed E-state index contributed by atoms with van der Waals surface area (Å²) in [6.45, 7) is 7.15. The Labute approximate surface area is 556 Å². The summed E-state index contributed by atoms with van der Waals surface area (Å²) in [7, 11) is -9.89. The van der Waals surface area contributed by atoms with E-state index in [9.17, 15) is 43.2 Å². The van der Waals surface area contributed by atoms with Crippen LogP contribution in [0.1, 0.15) is 375 Å². The van der Waals surface area contributed by atoms with Crippen molar-refractivity contribution in [3.8, 4) is 0 Å². The van der Waals surface area contributed by atoms with E-state index in [0.29, 0.717) is 25.7 Å². The summed E-state index contributed by atoms with van der Waals surface area (Å²) in [5.41, 5.74) is 0. The topological polar surface area (TPSA) is 237 Å². The smallest absolute Gasteiger partial charge is 0.462 e. The molecule has 0 heterocycles. The molecule has 0 aliphatic rings. The predicted octanol–water partition coefficient (Wildman–Crippen LogP) is 20.9. The normalized spacial score (nSPS) is 14.0. The number of phosphoric ester groups is 2. The van der Waals surface area contributed by atoms with Gasteiger partial charge in [-0.05, 0) is 31.6 Å². The summed E-state index contributed by atoms with van der Waals surface area (Å²) in [5, 5.41) is 10.6. The Morgan fingerprint density at radius 3 is 0.747 bits per heavy atom. The Balaban J connectivity index is 5.15. The van der Waals surface area contributed by atoms with Gasteiger partial charge >= 0.3 is 39.5 Å². The van der Waals surface area contributed by atoms with Gasteiger partial charge in [0.2, 0.25) is 0 Å². The van der Waals surface area contributed by atoms with E-state index >= 15 is 0 Å². The van der Waals surface area contributed by atoms with Crippen molar-refractivity contribution in [2.24, 2.45) is 5.92 Å². The van der Waals surface area contributed by atoms with Crippen LogP contribution in [0.25, 0.3) is 0 Å². The van der Waals surface area contributed by atoms with Gasteiger partial charge in [-0.15, -0.1) is 0 Å². The number of aliphatic hydroxyl groups is 1. The van der Waals surface area contributed by atoms with Crippen LogP contribution in [0.2, 0.25) is 0 Å². The highest BCUT2D eigenvalue weighted by atomic mass is 31.2. The molecule has 0 amide bonds. The molecule has 0 aromatic rings. The van der Waals surface area contributed by atoms with Gasteiger partial charge in [-0.1, -0.05) is 324 Å². The van der Waals surface area contributed by atoms with E-state index < -0.39 is 97.5 Å². The molecule has 0 aromatic heterocycles. The first-order chi connectivity index (χ1) is 44.0. The molecule has 0 saturated heterocycles. The number of carbonyl (C=O) groups excluding carboxylic acids is 4. The summed E-state index contributed by atoms with van der Waals surface area (Å²) >= 11 is 0. The Kier molecular flexibility index (Phi) is 64.0. The Morgan fingerprint density at radius 1 is 0.297 bits per heavy atom. The quantitative estimate of drug-likeness (QED) is 0.0222. The minimum absolute atomic E-state index is 0.105. The van der Waals surface area contributed by atoms with E-state index in [2.05, 4.69) is 34.6 Å². The van der Waals surface area contributed by atoms with E-state index in [4.69, 9.17) is 37.0 Å². The van der Waals surface area contributed by atoms with Gasteiger partial charge in [-0.3, -0.25) is 37.3 Å². The summed E-state index contributed by atoms with van der Waals surface area (Å²) in [4.78, 5) is 72.4. The number of ether oxygens (including phenoxy) is 4. The van der Waals surface area contributed by atoms with Crippen molar-refractivity contribution >= 4 is 39.5 Å². The second-order valence-corrected chi connectivity index (χ2v) is 29.4. The highest BCUT2D eigenvalue weighted by Gasteiger charge is 2.30. The highest BCUT2D eigenvalue weighted by molar-refractivity contribution is 7.47. The molecular formula is C72H140O17P2. The molecule has 540 valence electrons. The second-order valence-electron chi connectivity index (χ2n) is 26.5. The van der Waals surface area contributed by atoms with Crippen molar-refractivity contribution in [1.82, 2.24) is 0 Å². The van der Waals surface area contributed by atoms with Gasteiger partial charge < -0.3 is 33.8 Å². The molecule has 3 N–H and O–H groups in total. The molecule has 0 bridgehead atoms. The first-order valence-corrected chi connectivity index (χ1v) is 40.6. The lowest BCUT2D eigenvalue weighted by atomic mass is 10.0. The van der Waals surface area contributed by atoms with Crippen molar-refractivity contribution in [2.75, 3.05) is 39.6 Å². The average molecular weight is 1340 g/mol. The summed E-state index contributed by atoms with van der Waals surface area (Å²) in [6.07, 6.45) is 53.2. The number of phosphoric acid groups is 2. The zero-order valence-corrected chi connectivity index (χ0v) is 60.8. The first kappa shape index (κ1) is 89.1. The lowest BCUT2D eigenvalue weighted by Gasteiger charge is -2.21. The zero-order chi connectivity index (χ0) is 67.0. The van der Waals surface area contributed by atoms with Crippen LogP contribution >= 0.6 is 15.6 Å². The van der Waals surface area contributed by atoms with Crippen LogP contribution in [-0.4, -0.2) is 96.7 Å². The van der Waals surface area contributed by atoms with Crippen LogP contribution in [-0.2, 0) is 65.4 Å². The maximum absolute atomic E-state index is 13.0. The molecule has 0 saturated carbocycles. The monoisotopic (exact) mass is 1340 g/mol. The molecule has 91 heavy (non-hydrogen) atoms. The fourth-order valence-electron chi connectivity index (χ4n) is 11.0. The van der Waals surface area contributed by atoms with Crippen LogP contribution < -0.4 is 0 Å². The number of hydrogen-bond acceptors (Lipinski definition) is 15. The van der Waals surface area contributed by atoms with Gasteiger partial charge in [0, 0.05) is 25.7 Å². The van der Waals surface area contributed by atoms with Crippen LogP contribution in [0.5, 0.6) is 0 Å². The molecule has 17 nitrogen and oxygen atoms in total. The summed E-state index contributed by atoms with van der Waals surface area (Å²) in [5.74, 6) is -1.39. The minimum atomic E-state index is -4.95. The maximum Gasteiger partial charge on any atom is 0.472 e. The molecule has 0 rings (SSSR count). The number of aliphatic hydroxyl groups excluding tert-OH is 1. The van der Waals surface area contributed by atoms with Crippen molar-refractivity contribution in [1.29, 1.82) is 0 Å². The molecule has 19 heteroatoms. The van der Waals surface area contributed by atoms with Crippen molar-refractivity contribution < 1.29 is 80.2 Å². The van der Waals surface area contributed by atoms with Gasteiger partial charge in [-0.25, -0.2) is 9.13 Å². The van der Waals surface area contributed by atoms with Crippen molar-refractivity contribution in [2.45, 2.75) is 393 Å². The van der Waals surface area contributed by atoms with Crippen LogP contribution in [0.4, 0.5) is 0 Å². The van der Waals surface area contributed by atoms with E-state index in [0.717, 1.165) is 102 Å². The van der Waals surface area contributed by atoms with Crippen LogP contribution in [0.3, 0.4) is 0 Å². The molecule has 0 aromatic carbocycles. The third-order valence-electron chi connectivity index (χ3n) is 16.8. The molecule has 2 unspecified atom stereocenters. The first-order valence-electron chi connectivity index (χ1n) is 37.6. The largest absolute Gasteiger partial charge is 0.472 e. The maximum atomic E-state index is 13.0. The number of unbranched alkanes of at least 4 members (excludes halogenated alkanes) is 44.